The maximum Gasteiger partial charge on any atom is 0.573 e. The van der Waals surface area contributed by atoms with E-state index in [1.807, 2.05) is 13.8 Å². The van der Waals surface area contributed by atoms with Gasteiger partial charge in [0.2, 0.25) is 0 Å². The highest BCUT2D eigenvalue weighted by atomic mass is 19.4. The number of rotatable bonds is 3. The summed E-state index contributed by atoms with van der Waals surface area (Å²) in [5.41, 5.74) is 0.686. The van der Waals surface area contributed by atoms with Crippen molar-refractivity contribution in [1.82, 2.24) is 0 Å². The summed E-state index contributed by atoms with van der Waals surface area (Å²) in [6.45, 7) is 3.65. The summed E-state index contributed by atoms with van der Waals surface area (Å²) < 4.78 is 44.5. The molecule has 100 valence electrons. The van der Waals surface area contributed by atoms with Crippen LogP contribution in [0.1, 0.15) is 35.7 Å². The van der Waals surface area contributed by atoms with Crippen molar-refractivity contribution in [2.24, 2.45) is 0 Å². The summed E-state index contributed by atoms with van der Waals surface area (Å²) in [6.07, 6.45) is -4.78. The van der Waals surface area contributed by atoms with Gasteiger partial charge in [-0.05, 0) is 23.6 Å². The molecule has 0 aliphatic rings. The third-order valence-electron chi connectivity index (χ3n) is 2.29. The normalized spacial score (nSPS) is 11.5. The minimum atomic E-state index is -4.78. The molecule has 0 radical (unpaired) electrons. The Morgan fingerprint density at radius 3 is 2.33 bits per heavy atom. The Hall–Kier alpha value is -1.72. The summed E-state index contributed by atoms with van der Waals surface area (Å²) in [5.74, 6) is -1.14. The summed E-state index contributed by atoms with van der Waals surface area (Å²) >= 11 is 0. The number of hydrogen-bond acceptors (Lipinski definition) is 3. The predicted octanol–water partition coefficient (Wildman–Crippen LogP) is 3.50. The first-order chi connectivity index (χ1) is 8.24. The van der Waals surface area contributed by atoms with E-state index in [2.05, 4.69) is 9.47 Å². The molecule has 18 heavy (non-hydrogen) atoms. The molecule has 0 aromatic heterocycles. The van der Waals surface area contributed by atoms with Gasteiger partial charge in [-0.15, -0.1) is 13.2 Å². The number of hydrogen-bond donors (Lipinski definition) is 0. The molecule has 0 saturated carbocycles. The lowest BCUT2D eigenvalue weighted by Gasteiger charge is -2.14. The molecule has 0 atom stereocenters. The highest BCUT2D eigenvalue weighted by Gasteiger charge is 2.31. The van der Waals surface area contributed by atoms with Gasteiger partial charge < -0.3 is 9.47 Å². The number of carbonyl (C=O) groups is 1. The van der Waals surface area contributed by atoms with Crippen molar-refractivity contribution < 1.29 is 27.4 Å². The minimum Gasteiger partial charge on any atom is -0.465 e. The third kappa shape index (κ3) is 3.65. The van der Waals surface area contributed by atoms with Crippen LogP contribution in [0.4, 0.5) is 13.2 Å². The maximum absolute atomic E-state index is 12.1. The number of ether oxygens (including phenoxy) is 2. The van der Waals surface area contributed by atoms with E-state index in [1.54, 1.807) is 0 Å². The van der Waals surface area contributed by atoms with E-state index in [0.717, 1.165) is 6.07 Å². The first kappa shape index (κ1) is 14.3. The van der Waals surface area contributed by atoms with E-state index in [1.165, 1.54) is 19.2 Å². The van der Waals surface area contributed by atoms with Crippen LogP contribution >= 0.6 is 0 Å². The molecule has 0 heterocycles. The van der Waals surface area contributed by atoms with Crippen molar-refractivity contribution in [1.29, 1.82) is 0 Å². The van der Waals surface area contributed by atoms with Gasteiger partial charge >= 0.3 is 12.3 Å². The summed E-state index contributed by atoms with van der Waals surface area (Å²) in [4.78, 5) is 11.5. The van der Waals surface area contributed by atoms with Crippen LogP contribution in [0.3, 0.4) is 0 Å². The van der Waals surface area contributed by atoms with E-state index in [-0.39, 0.29) is 11.5 Å². The van der Waals surface area contributed by atoms with Crippen molar-refractivity contribution >= 4 is 5.97 Å². The first-order valence-corrected chi connectivity index (χ1v) is 5.22. The van der Waals surface area contributed by atoms with Gasteiger partial charge in [-0.1, -0.05) is 19.9 Å². The highest BCUT2D eigenvalue weighted by molar-refractivity contribution is 5.91. The lowest BCUT2D eigenvalue weighted by atomic mass is 9.97. The van der Waals surface area contributed by atoms with Crippen LogP contribution < -0.4 is 4.74 Å². The summed E-state index contributed by atoms with van der Waals surface area (Å²) in [7, 11) is 1.17. The topological polar surface area (TPSA) is 35.5 Å². The molecule has 0 aliphatic carbocycles. The smallest absolute Gasteiger partial charge is 0.465 e. The molecule has 1 aromatic carbocycles. The Kier molecular flexibility index (Phi) is 4.21. The Labute approximate surface area is 103 Å². The molecule has 0 amide bonds. The van der Waals surface area contributed by atoms with E-state index >= 15 is 0 Å². The summed E-state index contributed by atoms with van der Waals surface area (Å²) in [5, 5.41) is 0. The molecular weight excluding hydrogens is 249 g/mol. The molecule has 3 nitrogen and oxygen atoms in total. The Bertz CT molecular complexity index is 439. The van der Waals surface area contributed by atoms with Crippen LogP contribution in [0.15, 0.2) is 18.2 Å². The van der Waals surface area contributed by atoms with Gasteiger partial charge in [0.25, 0.3) is 0 Å². The van der Waals surface area contributed by atoms with Crippen molar-refractivity contribution in [3.63, 3.8) is 0 Å². The van der Waals surface area contributed by atoms with Crippen LogP contribution in [0.25, 0.3) is 0 Å². The molecule has 0 N–H and O–H groups in total. The van der Waals surface area contributed by atoms with Crippen LogP contribution in [-0.4, -0.2) is 19.4 Å². The van der Waals surface area contributed by atoms with E-state index < -0.39 is 18.1 Å². The van der Waals surface area contributed by atoms with E-state index in [9.17, 15) is 18.0 Å². The Morgan fingerprint density at radius 2 is 1.89 bits per heavy atom. The molecule has 0 spiro atoms. The second kappa shape index (κ2) is 5.29. The number of methoxy groups -OCH3 is 1. The first-order valence-electron chi connectivity index (χ1n) is 5.22. The monoisotopic (exact) mass is 262 g/mol. The zero-order valence-corrected chi connectivity index (χ0v) is 10.2. The lowest BCUT2D eigenvalue weighted by Crippen LogP contribution is -2.18. The van der Waals surface area contributed by atoms with Crippen LogP contribution in [0.5, 0.6) is 5.75 Å². The van der Waals surface area contributed by atoms with Gasteiger partial charge in [0.05, 0.1) is 12.7 Å². The Morgan fingerprint density at radius 1 is 1.28 bits per heavy atom. The van der Waals surface area contributed by atoms with E-state index in [0.29, 0.717) is 5.56 Å². The Balaban J connectivity index is 3.17. The van der Waals surface area contributed by atoms with Gasteiger partial charge in [-0.2, -0.15) is 0 Å². The number of esters is 1. The average Bonchev–Trinajstić information content (AvgIpc) is 2.25. The largest absolute Gasteiger partial charge is 0.573 e. The van der Waals surface area contributed by atoms with Gasteiger partial charge in [0.1, 0.15) is 5.75 Å². The predicted molar refractivity (Wildman–Crippen MR) is 58.6 cm³/mol. The third-order valence-corrected chi connectivity index (χ3v) is 2.29. The van der Waals surface area contributed by atoms with Crippen molar-refractivity contribution in [3.05, 3.63) is 29.3 Å². The number of alkyl halides is 3. The zero-order valence-electron chi connectivity index (χ0n) is 10.2. The molecule has 0 bridgehead atoms. The fraction of sp³-hybridized carbons (Fsp3) is 0.417. The van der Waals surface area contributed by atoms with Gasteiger partial charge in [0.15, 0.2) is 0 Å². The van der Waals surface area contributed by atoms with Gasteiger partial charge in [-0.3, -0.25) is 0 Å². The van der Waals surface area contributed by atoms with Gasteiger partial charge in [0, 0.05) is 0 Å². The minimum absolute atomic E-state index is 0.0148. The molecule has 0 fully saturated rings. The second-order valence-corrected chi connectivity index (χ2v) is 3.94. The standard InChI is InChI=1S/C12H13F3O3/c1-7(2)9-5-4-8(18-12(13,14)15)6-10(9)11(16)17-3/h4-7H,1-3H3. The number of halogens is 3. The molecule has 0 aliphatic heterocycles. The maximum atomic E-state index is 12.1. The average molecular weight is 262 g/mol. The molecule has 6 heteroatoms. The molecule has 1 aromatic rings. The van der Waals surface area contributed by atoms with Crippen LogP contribution in [-0.2, 0) is 4.74 Å². The highest BCUT2D eigenvalue weighted by Crippen LogP contribution is 2.28. The molecule has 1 rings (SSSR count). The number of benzene rings is 1. The number of carbonyl (C=O) groups excluding carboxylic acids is 1. The van der Waals surface area contributed by atoms with Crippen LogP contribution in [0, 0.1) is 0 Å². The quantitative estimate of drug-likeness (QED) is 0.782. The molecular formula is C12H13F3O3. The van der Waals surface area contributed by atoms with E-state index in [4.69, 9.17) is 0 Å². The molecule has 0 unspecified atom stereocenters. The van der Waals surface area contributed by atoms with Crippen molar-refractivity contribution in [2.75, 3.05) is 7.11 Å². The second-order valence-electron chi connectivity index (χ2n) is 3.94. The zero-order chi connectivity index (χ0) is 13.9. The van der Waals surface area contributed by atoms with Gasteiger partial charge in [-0.25, -0.2) is 4.79 Å². The fourth-order valence-electron chi connectivity index (χ4n) is 1.52. The SMILES string of the molecule is COC(=O)c1cc(OC(F)(F)F)ccc1C(C)C. The van der Waals surface area contributed by atoms with Crippen molar-refractivity contribution in [3.8, 4) is 5.75 Å². The fourth-order valence-corrected chi connectivity index (χ4v) is 1.52. The van der Waals surface area contributed by atoms with Crippen LogP contribution in [0.2, 0.25) is 0 Å². The van der Waals surface area contributed by atoms with Crippen molar-refractivity contribution in [2.45, 2.75) is 26.1 Å². The molecule has 0 saturated heterocycles. The lowest BCUT2D eigenvalue weighted by molar-refractivity contribution is -0.274. The summed E-state index contributed by atoms with van der Waals surface area (Å²) in [6, 6.07) is 3.64.